The fourth-order valence-corrected chi connectivity index (χ4v) is 2.34. The van der Waals surface area contributed by atoms with Crippen LogP contribution in [0.3, 0.4) is 0 Å². The van der Waals surface area contributed by atoms with Crippen LogP contribution in [-0.2, 0) is 15.0 Å². The van der Waals surface area contributed by atoms with E-state index in [0.717, 1.165) is 18.4 Å². The quantitative estimate of drug-likeness (QED) is 0.746. The van der Waals surface area contributed by atoms with E-state index in [0.29, 0.717) is 18.4 Å². The molecule has 1 aromatic rings. The highest BCUT2D eigenvalue weighted by Crippen LogP contribution is 2.50. The Morgan fingerprint density at radius 1 is 1.39 bits per heavy atom. The molecule has 1 aliphatic rings. The summed E-state index contributed by atoms with van der Waals surface area (Å²) in [5.41, 5.74) is 0.737. The molecule has 0 saturated heterocycles. The Morgan fingerprint density at radius 2 is 2.11 bits per heavy atom. The third-order valence-corrected chi connectivity index (χ3v) is 3.58. The van der Waals surface area contributed by atoms with Gasteiger partial charge in [0.05, 0.1) is 11.7 Å². The van der Waals surface area contributed by atoms with Crippen LogP contribution in [0, 0.1) is 5.82 Å². The van der Waals surface area contributed by atoms with Crippen molar-refractivity contribution < 1.29 is 14.0 Å². The van der Waals surface area contributed by atoms with Crippen LogP contribution in [0.1, 0.15) is 18.4 Å². The molecule has 1 aliphatic carbocycles. The van der Waals surface area contributed by atoms with Crippen molar-refractivity contribution in [3.63, 3.8) is 0 Å². The number of carbonyl (C=O) groups is 2. The molecule has 2 rings (SSSR count). The van der Waals surface area contributed by atoms with E-state index in [-0.39, 0.29) is 5.82 Å². The van der Waals surface area contributed by atoms with Crippen LogP contribution in [0.15, 0.2) is 18.2 Å². The maximum atomic E-state index is 13.7. The number of benzene rings is 1. The summed E-state index contributed by atoms with van der Waals surface area (Å²) in [6, 6.07) is 4.29. The minimum absolute atomic E-state index is 0.350. The summed E-state index contributed by atoms with van der Waals surface area (Å²) in [5, 5.41) is 5.24. The van der Waals surface area contributed by atoms with Gasteiger partial charge in [0, 0.05) is 12.5 Å². The van der Waals surface area contributed by atoms with Gasteiger partial charge >= 0.3 is 0 Å². The number of halogens is 1. The van der Waals surface area contributed by atoms with Crippen molar-refractivity contribution in [2.24, 2.45) is 0 Å². The molecule has 4 nitrogen and oxygen atoms in total. The van der Waals surface area contributed by atoms with E-state index in [1.54, 1.807) is 19.2 Å². The lowest BCUT2D eigenvalue weighted by atomic mass is 9.88. The predicted octanol–water partition coefficient (Wildman–Crippen LogP) is 1.21. The van der Waals surface area contributed by atoms with E-state index < -0.39 is 11.5 Å². The molecule has 1 amide bonds. The standard InChI is InChI=1S/C13H15FN2O2/c1-15-11-3-2-9(6-10(11)14)13(4-5-13)12(7-17)16-8-18/h2-3,6-8,12,15H,4-5H2,1H3,(H,16,18). The minimum atomic E-state index is -0.588. The van der Waals surface area contributed by atoms with Gasteiger partial charge < -0.3 is 15.4 Å². The van der Waals surface area contributed by atoms with Gasteiger partial charge in [0.25, 0.3) is 0 Å². The van der Waals surface area contributed by atoms with Gasteiger partial charge in [0.15, 0.2) is 0 Å². The van der Waals surface area contributed by atoms with Gasteiger partial charge in [0.1, 0.15) is 12.1 Å². The van der Waals surface area contributed by atoms with Crippen molar-refractivity contribution in [2.45, 2.75) is 24.3 Å². The van der Waals surface area contributed by atoms with E-state index >= 15 is 0 Å². The molecule has 18 heavy (non-hydrogen) atoms. The molecule has 5 heteroatoms. The lowest BCUT2D eigenvalue weighted by molar-refractivity contribution is -0.116. The van der Waals surface area contributed by atoms with Crippen molar-refractivity contribution in [1.29, 1.82) is 0 Å². The molecule has 1 fully saturated rings. The van der Waals surface area contributed by atoms with E-state index in [9.17, 15) is 14.0 Å². The largest absolute Gasteiger partial charge is 0.386 e. The average molecular weight is 250 g/mol. The van der Waals surface area contributed by atoms with Gasteiger partial charge in [-0.2, -0.15) is 0 Å². The molecule has 0 spiro atoms. The van der Waals surface area contributed by atoms with Gasteiger partial charge in [-0.25, -0.2) is 4.39 Å². The molecule has 1 saturated carbocycles. The first-order valence-electron chi connectivity index (χ1n) is 5.80. The Morgan fingerprint density at radius 3 is 2.56 bits per heavy atom. The molecule has 1 atom stereocenters. The normalized spacial score (nSPS) is 17.7. The molecule has 1 aromatic carbocycles. The maximum absolute atomic E-state index is 13.7. The van der Waals surface area contributed by atoms with Crippen LogP contribution in [0.4, 0.5) is 10.1 Å². The van der Waals surface area contributed by atoms with Crippen LogP contribution < -0.4 is 10.6 Å². The molecule has 0 heterocycles. The van der Waals surface area contributed by atoms with Crippen molar-refractivity contribution in [2.75, 3.05) is 12.4 Å². The third-order valence-electron chi connectivity index (χ3n) is 3.58. The van der Waals surface area contributed by atoms with Crippen molar-refractivity contribution in [3.05, 3.63) is 29.6 Å². The Kier molecular flexibility index (Phi) is 3.32. The third kappa shape index (κ3) is 1.96. The maximum Gasteiger partial charge on any atom is 0.207 e. The van der Waals surface area contributed by atoms with Gasteiger partial charge in [-0.05, 0) is 30.5 Å². The molecular formula is C13H15FN2O2. The van der Waals surface area contributed by atoms with Crippen LogP contribution in [0.25, 0.3) is 0 Å². The second-order valence-corrected chi connectivity index (χ2v) is 4.50. The number of amides is 1. The molecular weight excluding hydrogens is 235 g/mol. The fraction of sp³-hybridized carbons (Fsp3) is 0.385. The average Bonchev–Trinajstić information content (AvgIpc) is 3.17. The monoisotopic (exact) mass is 250 g/mol. The van der Waals surface area contributed by atoms with E-state index in [2.05, 4.69) is 10.6 Å². The number of hydrogen-bond acceptors (Lipinski definition) is 3. The first-order chi connectivity index (χ1) is 8.67. The molecule has 0 aliphatic heterocycles. The Hall–Kier alpha value is -1.91. The molecule has 0 aromatic heterocycles. The van der Waals surface area contributed by atoms with Crippen LogP contribution in [-0.4, -0.2) is 25.8 Å². The van der Waals surface area contributed by atoms with Crippen molar-refractivity contribution in [1.82, 2.24) is 5.32 Å². The fourth-order valence-electron chi connectivity index (χ4n) is 2.34. The van der Waals surface area contributed by atoms with Crippen LogP contribution >= 0.6 is 0 Å². The Bertz CT molecular complexity index is 472. The van der Waals surface area contributed by atoms with Crippen molar-refractivity contribution >= 4 is 18.4 Å². The summed E-state index contributed by atoms with van der Waals surface area (Å²) in [4.78, 5) is 21.5. The van der Waals surface area contributed by atoms with Crippen LogP contribution in [0.5, 0.6) is 0 Å². The van der Waals surface area contributed by atoms with Gasteiger partial charge in [-0.15, -0.1) is 0 Å². The van der Waals surface area contributed by atoms with Gasteiger partial charge in [-0.3, -0.25) is 4.79 Å². The number of rotatable bonds is 6. The first kappa shape index (κ1) is 12.5. The number of aldehydes is 1. The van der Waals surface area contributed by atoms with Gasteiger partial charge in [-0.1, -0.05) is 6.07 Å². The molecule has 0 bridgehead atoms. The predicted molar refractivity (Wildman–Crippen MR) is 65.9 cm³/mol. The topological polar surface area (TPSA) is 58.2 Å². The summed E-state index contributed by atoms with van der Waals surface area (Å²) in [7, 11) is 1.65. The number of hydrogen-bond donors (Lipinski definition) is 2. The summed E-state index contributed by atoms with van der Waals surface area (Å²) >= 11 is 0. The summed E-state index contributed by atoms with van der Waals surface area (Å²) in [5.74, 6) is -0.350. The van der Waals surface area contributed by atoms with Gasteiger partial charge in [0.2, 0.25) is 6.41 Å². The zero-order valence-corrected chi connectivity index (χ0v) is 10.1. The zero-order valence-electron chi connectivity index (χ0n) is 10.1. The molecule has 96 valence electrons. The highest BCUT2D eigenvalue weighted by atomic mass is 19.1. The SMILES string of the molecule is CNc1ccc(C2(C(C=O)NC=O)CC2)cc1F. The minimum Gasteiger partial charge on any atom is -0.386 e. The molecule has 0 radical (unpaired) electrons. The van der Waals surface area contributed by atoms with E-state index in [4.69, 9.17) is 0 Å². The first-order valence-corrected chi connectivity index (χ1v) is 5.80. The Balaban J connectivity index is 2.32. The second-order valence-electron chi connectivity index (χ2n) is 4.50. The number of anilines is 1. The van der Waals surface area contributed by atoms with Crippen molar-refractivity contribution in [3.8, 4) is 0 Å². The smallest absolute Gasteiger partial charge is 0.207 e. The summed E-state index contributed by atoms with van der Waals surface area (Å²) in [6.07, 6.45) is 2.77. The summed E-state index contributed by atoms with van der Waals surface area (Å²) in [6.45, 7) is 0. The van der Waals surface area contributed by atoms with Crippen LogP contribution in [0.2, 0.25) is 0 Å². The number of nitrogens with one attached hydrogen (secondary N) is 2. The Labute approximate surface area is 105 Å². The zero-order chi connectivity index (χ0) is 13.2. The summed E-state index contributed by atoms with van der Waals surface area (Å²) < 4.78 is 13.7. The highest BCUT2D eigenvalue weighted by Gasteiger charge is 2.51. The van der Waals surface area contributed by atoms with E-state index in [1.165, 1.54) is 6.07 Å². The second kappa shape index (κ2) is 4.76. The lowest BCUT2D eigenvalue weighted by Gasteiger charge is -2.22. The number of carbonyl (C=O) groups excluding carboxylic acids is 2. The highest BCUT2D eigenvalue weighted by molar-refractivity contribution is 5.69. The van der Waals surface area contributed by atoms with E-state index in [1.807, 2.05) is 0 Å². The molecule has 1 unspecified atom stereocenters. The lowest BCUT2D eigenvalue weighted by Crippen LogP contribution is -2.40. The molecule has 2 N–H and O–H groups in total.